The van der Waals surface area contributed by atoms with Gasteiger partial charge in [0.05, 0.1) is 6.04 Å². The number of hydrogen-bond acceptors (Lipinski definition) is 8. The fourth-order valence-corrected chi connectivity index (χ4v) is 4.36. The molecule has 0 saturated carbocycles. The number of nitrogens with zero attached hydrogens (tertiary/aromatic N) is 6. The van der Waals surface area contributed by atoms with Crippen LogP contribution in [0, 0.1) is 0 Å². The van der Waals surface area contributed by atoms with Crippen molar-refractivity contribution in [3.8, 4) is 0 Å². The minimum Gasteiger partial charge on any atom is -0.361 e. The van der Waals surface area contributed by atoms with Crippen LogP contribution in [0.15, 0.2) is 30.3 Å². The molecule has 2 N–H and O–H groups in total. The summed E-state index contributed by atoms with van der Waals surface area (Å²) in [7, 11) is 0. The summed E-state index contributed by atoms with van der Waals surface area (Å²) >= 11 is 6.57. The highest BCUT2D eigenvalue weighted by Crippen LogP contribution is 2.31. The van der Waals surface area contributed by atoms with Gasteiger partial charge in [0.25, 0.3) is 0 Å². The Labute approximate surface area is 187 Å². The third-order valence-electron chi connectivity index (χ3n) is 5.92. The lowest BCUT2D eigenvalue weighted by Gasteiger charge is -2.28. The van der Waals surface area contributed by atoms with Crippen molar-refractivity contribution in [3.05, 3.63) is 41.0 Å². The van der Waals surface area contributed by atoms with E-state index in [0.29, 0.717) is 22.1 Å². The maximum absolute atomic E-state index is 6.57. The summed E-state index contributed by atoms with van der Waals surface area (Å²) in [6.45, 7) is 7.63. The zero-order chi connectivity index (χ0) is 21.2. The molecule has 0 spiro atoms. The summed E-state index contributed by atoms with van der Waals surface area (Å²) < 4.78 is 0. The van der Waals surface area contributed by atoms with Crippen molar-refractivity contribution in [2.45, 2.75) is 25.8 Å². The van der Waals surface area contributed by atoms with Crippen LogP contribution in [-0.2, 0) is 0 Å². The van der Waals surface area contributed by atoms with Gasteiger partial charge in [0.15, 0.2) is 28.0 Å². The van der Waals surface area contributed by atoms with Crippen LogP contribution in [0.1, 0.15) is 31.4 Å². The summed E-state index contributed by atoms with van der Waals surface area (Å²) in [5.41, 5.74) is 2.41. The van der Waals surface area contributed by atoms with Gasteiger partial charge in [-0.1, -0.05) is 41.9 Å². The van der Waals surface area contributed by atoms with E-state index in [1.165, 1.54) is 0 Å². The van der Waals surface area contributed by atoms with Gasteiger partial charge in [-0.05, 0) is 25.3 Å². The van der Waals surface area contributed by atoms with Crippen molar-refractivity contribution in [2.24, 2.45) is 0 Å². The highest BCUT2D eigenvalue weighted by molar-refractivity contribution is 6.32. The predicted molar refractivity (Wildman–Crippen MR) is 125 cm³/mol. The molecule has 0 unspecified atom stereocenters. The molecule has 2 aromatic heterocycles. The molecule has 4 heterocycles. The average molecular weight is 439 g/mol. The van der Waals surface area contributed by atoms with E-state index in [0.717, 1.165) is 69.4 Å². The number of anilines is 3. The van der Waals surface area contributed by atoms with Crippen LogP contribution in [-0.4, -0.2) is 59.2 Å². The Morgan fingerprint density at radius 1 is 0.935 bits per heavy atom. The molecule has 162 valence electrons. The van der Waals surface area contributed by atoms with E-state index in [4.69, 9.17) is 31.5 Å². The lowest BCUT2D eigenvalue weighted by molar-refractivity contribution is 0.580. The van der Waals surface area contributed by atoms with Gasteiger partial charge in [-0.25, -0.2) is 9.97 Å². The third-order valence-corrected chi connectivity index (χ3v) is 6.18. The molecule has 0 bridgehead atoms. The Balaban J connectivity index is 1.55. The number of hydrogen-bond donors (Lipinski definition) is 2. The summed E-state index contributed by atoms with van der Waals surface area (Å²) in [5, 5.41) is 7.13. The summed E-state index contributed by atoms with van der Waals surface area (Å²) in [5.74, 6) is 2.10. The van der Waals surface area contributed by atoms with Crippen molar-refractivity contribution in [1.29, 1.82) is 0 Å². The van der Waals surface area contributed by atoms with Crippen molar-refractivity contribution in [1.82, 2.24) is 25.3 Å². The SMILES string of the molecule is C[C@@H](Nc1nc2nc(N3CCNCC3)nc(N3CCCC3)c2nc1Cl)c1ccccc1. The number of fused-ring (bicyclic) bond motifs is 1. The summed E-state index contributed by atoms with van der Waals surface area (Å²) in [6, 6.07) is 10.3. The van der Waals surface area contributed by atoms with Gasteiger partial charge in [-0.2, -0.15) is 9.97 Å². The van der Waals surface area contributed by atoms with Crippen LogP contribution in [0.4, 0.5) is 17.6 Å². The smallest absolute Gasteiger partial charge is 0.229 e. The highest BCUT2D eigenvalue weighted by Gasteiger charge is 2.24. The second-order valence-corrected chi connectivity index (χ2v) is 8.45. The average Bonchev–Trinajstić information content (AvgIpc) is 3.35. The predicted octanol–water partition coefficient (Wildman–Crippen LogP) is 3.26. The molecule has 2 aliphatic rings. The second kappa shape index (κ2) is 8.80. The molecular formula is C22H27ClN8. The minimum atomic E-state index is 0.0398. The van der Waals surface area contributed by atoms with Gasteiger partial charge >= 0.3 is 0 Å². The van der Waals surface area contributed by atoms with Gasteiger partial charge in [0, 0.05) is 39.3 Å². The van der Waals surface area contributed by atoms with Crippen molar-refractivity contribution in [3.63, 3.8) is 0 Å². The summed E-state index contributed by atoms with van der Waals surface area (Å²) in [4.78, 5) is 23.7. The van der Waals surface area contributed by atoms with E-state index < -0.39 is 0 Å². The largest absolute Gasteiger partial charge is 0.361 e. The number of nitrogens with one attached hydrogen (secondary N) is 2. The lowest BCUT2D eigenvalue weighted by atomic mass is 10.1. The number of halogens is 1. The fourth-order valence-electron chi connectivity index (χ4n) is 4.18. The van der Waals surface area contributed by atoms with E-state index in [1.54, 1.807) is 0 Å². The Morgan fingerprint density at radius 3 is 2.42 bits per heavy atom. The first-order chi connectivity index (χ1) is 15.2. The van der Waals surface area contributed by atoms with Gasteiger partial charge in [-0.15, -0.1) is 0 Å². The number of benzene rings is 1. The molecule has 0 aliphatic carbocycles. The fraction of sp³-hybridized carbons (Fsp3) is 0.455. The molecule has 5 rings (SSSR count). The normalized spacial score (nSPS) is 17.9. The zero-order valence-electron chi connectivity index (χ0n) is 17.7. The summed E-state index contributed by atoms with van der Waals surface area (Å²) in [6.07, 6.45) is 2.31. The Hall–Kier alpha value is -2.71. The third kappa shape index (κ3) is 4.22. The van der Waals surface area contributed by atoms with Crippen molar-refractivity contribution >= 4 is 40.3 Å². The first-order valence-electron chi connectivity index (χ1n) is 11.0. The van der Waals surface area contributed by atoms with Crippen LogP contribution in [0.5, 0.6) is 0 Å². The number of aromatic nitrogens is 4. The van der Waals surface area contributed by atoms with Gasteiger partial charge in [0.1, 0.15) is 0 Å². The number of piperazine rings is 1. The van der Waals surface area contributed by atoms with Gasteiger partial charge in [0.2, 0.25) is 5.95 Å². The molecule has 0 radical (unpaired) electrons. The maximum atomic E-state index is 6.57. The zero-order valence-corrected chi connectivity index (χ0v) is 18.4. The van der Waals surface area contributed by atoms with Crippen molar-refractivity contribution < 1.29 is 0 Å². The Kier molecular flexibility index (Phi) is 5.74. The van der Waals surface area contributed by atoms with Crippen molar-refractivity contribution in [2.75, 3.05) is 54.4 Å². The van der Waals surface area contributed by atoms with E-state index in [1.807, 2.05) is 18.2 Å². The van der Waals surface area contributed by atoms with Gasteiger partial charge in [-0.3, -0.25) is 0 Å². The minimum absolute atomic E-state index is 0.0398. The van der Waals surface area contributed by atoms with E-state index in [2.05, 4.69) is 39.5 Å². The van der Waals surface area contributed by atoms with E-state index in [-0.39, 0.29) is 6.04 Å². The molecule has 8 nitrogen and oxygen atoms in total. The Morgan fingerprint density at radius 2 is 1.68 bits per heavy atom. The lowest BCUT2D eigenvalue weighted by Crippen LogP contribution is -2.44. The van der Waals surface area contributed by atoms with Crippen LogP contribution < -0.4 is 20.4 Å². The molecule has 3 aromatic rings. The molecule has 0 amide bonds. The first-order valence-corrected chi connectivity index (χ1v) is 11.3. The standard InChI is InChI=1S/C22H27ClN8/c1-15(16-7-3-2-4-8-16)25-20-18(23)26-17-19(27-20)28-22(31-13-9-24-10-14-31)29-21(17)30-11-5-6-12-30/h2-4,7-8,15,24H,5-6,9-14H2,1H3,(H,25,27,28,29)/t15-/m1/s1. The van der Waals surface area contributed by atoms with Crippen LogP contribution >= 0.6 is 11.6 Å². The molecular weight excluding hydrogens is 412 g/mol. The molecule has 9 heteroatoms. The van der Waals surface area contributed by atoms with Gasteiger partial charge < -0.3 is 20.4 Å². The first kappa shape index (κ1) is 20.2. The van der Waals surface area contributed by atoms with Crippen LogP contribution in [0.2, 0.25) is 5.15 Å². The van der Waals surface area contributed by atoms with Crippen LogP contribution in [0.25, 0.3) is 11.2 Å². The molecule has 2 saturated heterocycles. The second-order valence-electron chi connectivity index (χ2n) is 8.09. The van der Waals surface area contributed by atoms with E-state index in [9.17, 15) is 0 Å². The Bertz CT molecular complexity index is 1050. The van der Waals surface area contributed by atoms with E-state index >= 15 is 0 Å². The highest BCUT2D eigenvalue weighted by atomic mass is 35.5. The maximum Gasteiger partial charge on any atom is 0.229 e. The molecule has 2 aliphatic heterocycles. The molecule has 2 fully saturated rings. The number of rotatable bonds is 5. The molecule has 1 atom stereocenters. The van der Waals surface area contributed by atoms with Crippen LogP contribution in [0.3, 0.4) is 0 Å². The topological polar surface area (TPSA) is 82.1 Å². The molecule has 31 heavy (non-hydrogen) atoms. The monoisotopic (exact) mass is 438 g/mol. The quantitative estimate of drug-likeness (QED) is 0.628. The molecule has 1 aromatic carbocycles.